The maximum Gasteiger partial charge on any atom is 0.490 e. The third kappa shape index (κ3) is 3.25. The van der Waals surface area contributed by atoms with Crippen molar-refractivity contribution in [3.63, 3.8) is 0 Å². The Morgan fingerprint density at radius 3 is 2.29 bits per heavy atom. The molecule has 2 aromatic rings. The highest BCUT2D eigenvalue weighted by molar-refractivity contribution is 6.58. The molecule has 1 aromatic carbocycles. The summed E-state index contributed by atoms with van der Waals surface area (Å²) in [6, 6.07) is 14.2. The standard InChI is InChI=1S/C16H19BN2O2/c20-17(21)15-6-7-16(18-12-15)19-10-8-14(9-11-19)13-4-2-1-3-5-13/h1-7,12,14,20-21H,8-11H2. The molecule has 0 aliphatic carbocycles. The fourth-order valence-electron chi connectivity index (χ4n) is 2.90. The molecule has 4 nitrogen and oxygen atoms in total. The second-order valence-electron chi connectivity index (χ2n) is 5.50. The molecule has 1 aliphatic heterocycles. The van der Waals surface area contributed by atoms with Gasteiger partial charge in [0.1, 0.15) is 5.82 Å². The topological polar surface area (TPSA) is 56.6 Å². The highest BCUT2D eigenvalue weighted by atomic mass is 16.4. The molecule has 21 heavy (non-hydrogen) atoms. The fourth-order valence-corrected chi connectivity index (χ4v) is 2.90. The number of hydrogen-bond acceptors (Lipinski definition) is 4. The van der Waals surface area contributed by atoms with Gasteiger partial charge in [0.05, 0.1) is 0 Å². The van der Waals surface area contributed by atoms with E-state index in [4.69, 9.17) is 10.0 Å². The van der Waals surface area contributed by atoms with Crippen LogP contribution in [0, 0.1) is 0 Å². The summed E-state index contributed by atoms with van der Waals surface area (Å²) in [5.41, 5.74) is 1.85. The number of benzene rings is 1. The predicted molar refractivity (Wildman–Crippen MR) is 84.7 cm³/mol. The molecular formula is C16H19BN2O2. The van der Waals surface area contributed by atoms with Crippen molar-refractivity contribution < 1.29 is 10.0 Å². The van der Waals surface area contributed by atoms with E-state index >= 15 is 0 Å². The quantitative estimate of drug-likeness (QED) is 0.829. The second kappa shape index (κ2) is 6.29. The molecule has 1 aliphatic rings. The molecule has 2 N–H and O–H groups in total. The maximum absolute atomic E-state index is 9.09. The van der Waals surface area contributed by atoms with Crippen LogP contribution in [0.2, 0.25) is 0 Å². The van der Waals surface area contributed by atoms with E-state index in [9.17, 15) is 0 Å². The van der Waals surface area contributed by atoms with Gasteiger partial charge in [0, 0.05) is 24.7 Å². The fraction of sp³-hybridized carbons (Fsp3) is 0.312. The van der Waals surface area contributed by atoms with Crippen LogP contribution < -0.4 is 10.4 Å². The Balaban J connectivity index is 1.63. The number of nitrogens with zero attached hydrogens (tertiary/aromatic N) is 2. The van der Waals surface area contributed by atoms with Crippen LogP contribution in [0.4, 0.5) is 5.82 Å². The first kappa shape index (κ1) is 14.1. The molecule has 0 saturated carbocycles. The zero-order valence-corrected chi connectivity index (χ0v) is 11.9. The van der Waals surface area contributed by atoms with E-state index in [0.717, 1.165) is 31.7 Å². The summed E-state index contributed by atoms with van der Waals surface area (Å²) in [5, 5.41) is 18.2. The van der Waals surface area contributed by atoms with Gasteiger partial charge in [-0.05, 0) is 30.4 Å². The van der Waals surface area contributed by atoms with E-state index in [-0.39, 0.29) is 0 Å². The number of pyridine rings is 1. The van der Waals surface area contributed by atoms with Gasteiger partial charge in [0.15, 0.2) is 0 Å². The molecule has 1 fully saturated rings. The third-order valence-electron chi connectivity index (χ3n) is 4.16. The Labute approximate surface area is 125 Å². The van der Waals surface area contributed by atoms with E-state index in [2.05, 4.69) is 40.2 Å². The number of hydrogen-bond donors (Lipinski definition) is 2. The summed E-state index contributed by atoms with van der Waals surface area (Å²) < 4.78 is 0. The lowest BCUT2D eigenvalue weighted by Gasteiger charge is -2.33. The van der Waals surface area contributed by atoms with Gasteiger partial charge in [-0.25, -0.2) is 4.98 Å². The van der Waals surface area contributed by atoms with Gasteiger partial charge in [-0.3, -0.25) is 0 Å². The van der Waals surface area contributed by atoms with Crippen LogP contribution in [-0.2, 0) is 0 Å². The smallest absolute Gasteiger partial charge is 0.423 e. The highest BCUT2D eigenvalue weighted by Crippen LogP contribution is 2.29. The minimum atomic E-state index is -1.45. The summed E-state index contributed by atoms with van der Waals surface area (Å²) in [4.78, 5) is 6.58. The average Bonchev–Trinajstić information content (AvgIpc) is 2.56. The first-order valence-electron chi connectivity index (χ1n) is 7.36. The van der Waals surface area contributed by atoms with Crippen molar-refractivity contribution in [3.8, 4) is 0 Å². The summed E-state index contributed by atoms with van der Waals surface area (Å²) in [7, 11) is -1.45. The van der Waals surface area contributed by atoms with Crippen LogP contribution in [0.5, 0.6) is 0 Å². The van der Waals surface area contributed by atoms with Gasteiger partial charge >= 0.3 is 7.12 Å². The highest BCUT2D eigenvalue weighted by Gasteiger charge is 2.21. The van der Waals surface area contributed by atoms with Crippen molar-refractivity contribution in [3.05, 3.63) is 54.2 Å². The minimum absolute atomic E-state index is 0.429. The van der Waals surface area contributed by atoms with E-state index in [1.165, 1.54) is 11.8 Å². The van der Waals surface area contributed by atoms with Gasteiger partial charge < -0.3 is 14.9 Å². The lowest BCUT2D eigenvalue weighted by molar-refractivity contribution is 0.425. The molecule has 5 heteroatoms. The first-order valence-corrected chi connectivity index (χ1v) is 7.36. The molecule has 1 aromatic heterocycles. The van der Waals surface area contributed by atoms with Crippen molar-refractivity contribution in [2.45, 2.75) is 18.8 Å². The van der Waals surface area contributed by atoms with Crippen molar-refractivity contribution >= 4 is 18.4 Å². The molecule has 0 amide bonds. The maximum atomic E-state index is 9.09. The Bertz CT molecular complexity index is 567. The van der Waals surface area contributed by atoms with E-state index in [1.807, 2.05) is 6.07 Å². The third-order valence-corrected chi connectivity index (χ3v) is 4.16. The van der Waals surface area contributed by atoms with Crippen molar-refractivity contribution in [1.82, 2.24) is 4.98 Å². The second-order valence-corrected chi connectivity index (χ2v) is 5.50. The lowest BCUT2D eigenvalue weighted by atomic mass is 9.82. The summed E-state index contributed by atoms with van der Waals surface area (Å²) in [5.74, 6) is 1.53. The average molecular weight is 282 g/mol. The molecule has 0 spiro atoms. The Morgan fingerprint density at radius 1 is 1.00 bits per heavy atom. The van der Waals surface area contributed by atoms with Crippen LogP contribution in [0.25, 0.3) is 0 Å². The molecule has 0 radical (unpaired) electrons. The largest absolute Gasteiger partial charge is 0.490 e. The van der Waals surface area contributed by atoms with Crippen LogP contribution >= 0.6 is 0 Å². The molecular weight excluding hydrogens is 263 g/mol. The van der Waals surface area contributed by atoms with Crippen LogP contribution in [-0.4, -0.2) is 35.2 Å². The van der Waals surface area contributed by atoms with E-state index in [1.54, 1.807) is 6.07 Å². The number of rotatable bonds is 3. The Hall–Kier alpha value is -1.85. The van der Waals surface area contributed by atoms with Gasteiger partial charge in [0.2, 0.25) is 0 Å². The van der Waals surface area contributed by atoms with E-state index in [0.29, 0.717) is 11.4 Å². The SMILES string of the molecule is OB(O)c1ccc(N2CCC(c3ccccc3)CC2)nc1. The summed E-state index contributed by atoms with van der Waals surface area (Å²) >= 11 is 0. The van der Waals surface area contributed by atoms with Gasteiger partial charge in [-0.15, -0.1) is 0 Å². The Kier molecular flexibility index (Phi) is 4.22. The molecule has 3 rings (SSSR count). The van der Waals surface area contributed by atoms with Crippen molar-refractivity contribution in [2.75, 3.05) is 18.0 Å². The molecule has 2 heterocycles. The van der Waals surface area contributed by atoms with Gasteiger partial charge in [0.25, 0.3) is 0 Å². The summed E-state index contributed by atoms with van der Waals surface area (Å²) in [6.07, 6.45) is 3.77. The van der Waals surface area contributed by atoms with Crippen molar-refractivity contribution in [1.29, 1.82) is 0 Å². The molecule has 1 saturated heterocycles. The predicted octanol–water partition coefficient (Wildman–Crippen LogP) is 1.15. The molecule has 0 bridgehead atoms. The lowest BCUT2D eigenvalue weighted by Crippen LogP contribution is -2.35. The molecule has 0 atom stereocenters. The first-order chi connectivity index (χ1) is 10.2. The van der Waals surface area contributed by atoms with E-state index < -0.39 is 7.12 Å². The van der Waals surface area contributed by atoms with Crippen LogP contribution in [0.15, 0.2) is 48.7 Å². The number of aromatic nitrogens is 1. The van der Waals surface area contributed by atoms with Crippen LogP contribution in [0.1, 0.15) is 24.3 Å². The van der Waals surface area contributed by atoms with Gasteiger partial charge in [-0.2, -0.15) is 0 Å². The van der Waals surface area contributed by atoms with Crippen molar-refractivity contribution in [2.24, 2.45) is 0 Å². The molecule has 108 valence electrons. The molecule has 0 unspecified atom stereocenters. The summed E-state index contributed by atoms with van der Waals surface area (Å²) in [6.45, 7) is 1.96. The zero-order chi connectivity index (χ0) is 14.7. The zero-order valence-electron chi connectivity index (χ0n) is 11.9. The Morgan fingerprint density at radius 2 is 1.71 bits per heavy atom. The monoisotopic (exact) mass is 282 g/mol. The number of piperidine rings is 1. The van der Waals surface area contributed by atoms with Crippen LogP contribution in [0.3, 0.4) is 0 Å². The minimum Gasteiger partial charge on any atom is -0.423 e. The normalized spacial score (nSPS) is 16.0. The number of anilines is 1. The van der Waals surface area contributed by atoms with Gasteiger partial charge in [-0.1, -0.05) is 36.4 Å².